The van der Waals surface area contributed by atoms with Gasteiger partial charge >= 0.3 is 5.97 Å². The fourth-order valence-corrected chi connectivity index (χ4v) is 2.84. The summed E-state index contributed by atoms with van der Waals surface area (Å²) < 4.78 is 0. The number of nitrogens with two attached hydrogens (primary N) is 1. The molecule has 0 bridgehead atoms. The molecule has 0 atom stereocenters. The van der Waals surface area contributed by atoms with Crippen LogP contribution in [0.5, 0.6) is 0 Å². The average Bonchev–Trinajstić information content (AvgIpc) is 2.42. The van der Waals surface area contributed by atoms with Crippen LogP contribution >= 0.6 is 11.8 Å². The first-order chi connectivity index (χ1) is 9.58. The lowest BCUT2D eigenvalue weighted by Crippen LogP contribution is -2.02. The Morgan fingerprint density at radius 3 is 2.50 bits per heavy atom. The second-order valence-electron chi connectivity index (χ2n) is 4.54. The Balaban J connectivity index is 2.25. The van der Waals surface area contributed by atoms with Crippen LogP contribution in [0.4, 0.5) is 5.69 Å². The number of carboxylic acids is 1. The Morgan fingerprint density at radius 2 is 1.90 bits per heavy atom. The molecule has 3 N–H and O–H groups in total. The van der Waals surface area contributed by atoms with Gasteiger partial charge in [-0.3, -0.25) is 4.79 Å². The van der Waals surface area contributed by atoms with Gasteiger partial charge in [0, 0.05) is 15.5 Å². The smallest absolute Gasteiger partial charge is 0.307 e. The van der Waals surface area contributed by atoms with Crippen molar-refractivity contribution in [3.05, 3.63) is 53.6 Å². The zero-order valence-electron chi connectivity index (χ0n) is 11.3. The van der Waals surface area contributed by atoms with Gasteiger partial charge in [0.25, 0.3) is 0 Å². The second kappa shape index (κ2) is 6.48. The molecule has 104 valence electrons. The number of nitrogen functional groups attached to an aromatic ring is 1. The molecule has 0 amide bonds. The van der Waals surface area contributed by atoms with Gasteiger partial charge in [0.1, 0.15) is 0 Å². The summed E-state index contributed by atoms with van der Waals surface area (Å²) in [6, 6.07) is 13.7. The molecule has 20 heavy (non-hydrogen) atoms. The lowest BCUT2D eigenvalue weighted by molar-refractivity contribution is -0.136. The Hall–Kier alpha value is -1.94. The molecule has 0 aliphatic carbocycles. The molecule has 0 aromatic heterocycles. The van der Waals surface area contributed by atoms with Crippen LogP contribution in [0.3, 0.4) is 0 Å². The SMILES string of the molecule is CCc1ccc(Sc2ccc(N)cc2CC(=O)O)cc1. The van der Waals surface area contributed by atoms with Crippen molar-refractivity contribution in [2.75, 3.05) is 5.73 Å². The van der Waals surface area contributed by atoms with E-state index >= 15 is 0 Å². The highest BCUT2D eigenvalue weighted by Gasteiger charge is 2.09. The van der Waals surface area contributed by atoms with Crippen molar-refractivity contribution in [3.63, 3.8) is 0 Å². The van der Waals surface area contributed by atoms with E-state index < -0.39 is 5.97 Å². The number of carboxylic acid groups (broad SMARTS) is 1. The van der Waals surface area contributed by atoms with Gasteiger partial charge in [-0.15, -0.1) is 0 Å². The number of aliphatic carboxylic acids is 1. The van der Waals surface area contributed by atoms with E-state index in [1.54, 1.807) is 23.9 Å². The summed E-state index contributed by atoms with van der Waals surface area (Å²) in [5.74, 6) is -0.848. The standard InChI is InChI=1S/C16H17NO2S/c1-2-11-3-6-14(7-4-11)20-15-8-5-13(17)9-12(15)10-16(18)19/h3-9H,2,10,17H2,1H3,(H,18,19). The van der Waals surface area contributed by atoms with Crippen molar-refractivity contribution in [1.82, 2.24) is 0 Å². The third-order valence-corrected chi connectivity index (χ3v) is 4.11. The quantitative estimate of drug-likeness (QED) is 0.825. The van der Waals surface area contributed by atoms with E-state index in [9.17, 15) is 4.79 Å². The Labute approximate surface area is 122 Å². The average molecular weight is 287 g/mol. The zero-order chi connectivity index (χ0) is 14.5. The Morgan fingerprint density at radius 1 is 1.20 bits per heavy atom. The number of hydrogen-bond donors (Lipinski definition) is 2. The van der Waals surface area contributed by atoms with Crippen LogP contribution in [-0.4, -0.2) is 11.1 Å². The summed E-state index contributed by atoms with van der Waals surface area (Å²) in [5, 5.41) is 8.97. The molecule has 0 saturated heterocycles. The van der Waals surface area contributed by atoms with E-state index in [0.29, 0.717) is 5.69 Å². The van der Waals surface area contributed by atoms with Gasteiger partial charge in [-0.05, 0) is 47.9 Å². The highest BCUT2D eigenvalue weighted by Crippen LogP contribution is 2.32. The van der Waals surface area contributed by atoms with Gasteiger partial charge in [-0.1, -0.05) is 30.8 Å². The van der Waals surface area contributed by atoms with Gasteiger partial charge in [0.05, 0.1) is 6.42 Å². The first-order valence-electron chi connectivity index (χ1n) is 6.45. The molecule has 0 fully saturated rings. The van der Waals surface area contributed by atoms with E-state index in [4.69, 9.17) is 10.8 Å². The van der Waals surface area contributed by atoms with Gasteiger partial charge in [0.2, 0.25) is 0 Å². The predicted octanol–water partition coefficient (Wildman–Crippen LogP) is 3.61. The highest BCUT2D eigenvalue weighted by atomic mass is 32.2. The fraction of sp³-hybridized carbons (Fsp3) is 0.188. The van der Waals surface area contributed by atoms with Gasteiger partial charge in [0.15, 0.2) is 0 Å². The Bertz CT molecular complexity index is 608. The maximum absolute atomic E-state index is 10.9. The molecule has 0 aliphatic rings. The third-order valence-electron chi connectivity index (χ3n) is 2.99. The van der Waals surface area contributed by atoms with E-state index in [2.05, 4.69) is 31.2 Å². The Kier molecular flexibility index (Phi) is 4.69. The van der Waals surface area contributed by atoms with Crippen LogP contribution in [0.2, 0.25) is 0 Å². The summed E-state index contributed by atoms with van der Waals surface area (Å²) in [5.41, 5.74) is 8.36. The second-order valence-corrected chi connectivity index (χ2v) is 5.65. The minimum absolute atomic E-state index is 0.0135. The van der Waals surface area contributed by atoms with Crippen LogP contribution in [0.1, 0.15) is 18.1 Å². The molecule has 0 heterocycles. The largest absolute Gasteiger partial charge is 0.481 e. The first-order valence-corrected chi connectivity index (χ1v) is 7.27. The van der Waals surface area contributed by atoms with Gasteiger partial charge in [-0.25, -0.2) is 0 Å². The fourth-order valence-electron chi connectivity index (χ4n) is 1.92. The van der Waals surface area contributed by atoms with Crippen molar-refractivity contribution < 1.29 is 9.90 Å². The molecule has 0 spiro atoms. The zero-order valence-corrected chi connectivity index (χ0v) is 12.1. The lowest BCUT2D eigenvalue weighted by atomic mass is 10.1. The van der Waals surface area contributed by atoms with Crippen molar-refractivity contribution in [1.29, 1.82) is 0 Å². The minimum Gasteiger partial charge on any atom is -0.481 e. The topological polar surface area (TPSA) is 63.3 Å². The summed E-state index contributed by atoms with van der Waals surface area (Å²) in [7, 11) is 0. The predicted molar refractivity (Wildman–Crippen MR) is 82.1 cm³/mol. The number of aryl methyl sites for hydroxylation is 1. The third kappa shape index (κ3) is 3.78. The summed E-state index contributed by atoms with van der Waals surface area (Å²) >= 11 is 1.57. The van der Waals surface area contributed by atoms with Gasteiger partial charge < -0.3 is 10.8 Å². The van der Waals surface area contributed by atoms with Gasteiger partial charge in [-0.2, -0.15) is 0 Å². The van der Waals surface area contributed by atoms with Crippen LogP contribution in [-0.2, 0) is 17.6 Å². The molecule has 2 aromatic carbocycles. The van der Waals surface area contributed by atoms with Crippen LogP contribution in [0, 0.1) is 0 Å². The van der Waals surface area contributed by atoms with Crippen molar-refractivity contribution in [2.45, 2.75) is 29.6 Å². The number of hydrogen-bond acceptors (Lipinski definition) is 3. The molecule has 4 heteroatoms. The lowest BCUT2D eigenvalue weighted by Gasteiger charge is -2.09. The number of anilines is 1. The maximum Gasteiger partial charge on any atom is 0.307 e. The van der Waals surface area contributed by atoms with Crippen molar-refractivity contribution in [3.8, 4) is 0 Å². The number of benzene rings is 2. The molecular weight excluding hydrogens is 270 g/mol. The molecular formula is C16H17NO2S. The molecule has 0 unspecified atom stereocenters. The molecule has 2 aromatic rings. The monoisotopic (exact) mass is 287 g/mol. The van der Waals surface area contributed by atoms with Crippen LogP contribution < -0.4 is 5.73 Å². The molecule has 0 aliphatic heterocycles. The van der Waals surface area contributed by atoms with Crippen LogP contribution in [0.25, 0.3) is 0 Å². The summed E-state index contributed by atoms with van der Waals surface area (Å²) in [6.45, 7) is 2.12. The van der Waals surface area contributed by atoms with E-state index in [-0.39, 0.29) is 6.42 Å². The van der Waals surface area contributed by atoms with Crippen LogP contribution in [0.15, 0.2) is 52.3 Å². The molecule has 3 nitrogen and oxygen atoms in total. The normalized spacial score (nSPS) is 10.4. The minimum atomic E-state index is -0.848. The maximum atomic E-state index is 10.9. The highest BCUT2D eigenvalue weighted by molar-refractivity contribution is 7.99. The van der Waals surface area contributed by atoms with E-state index in [1.165, 1.54) is 5.56 Å². The number of carbonyl (C=O) groups is 1. The summed E-state index contributed by atoms with van der Waals surface area (Å²) in [6.07, 6.45) is 0.998. The van der Waals surface area contributed by atoms with Crippen molar-refractivity contribution >= 4 is 23.4 Å². The van der Waals surface area contributed by atoms with Crippen molar-refractivity contribution in [2.24, 2.45) is 0 Å². The van der Waals surface area contributed by atoms with E-state index in [1.807, 2.05) is 6.07 Å². The molecule has 0 saturated carbocycles. The summed E-state index contributed by atoms with van der Waals surface area (Å²) in [4.78, 5) is 13.0. The first kappa shape index (κ1) is 14.5. The van der Waals surface area contributed by atoms with E-state index in [0.717, 1.165) is 21.8 Å². The molecule has 0 radical (unpaired) electrons. The molecule has 2 rings (SSSR count). The number of rotatable bonds is 5.